The molecule has 0 aliphatic heterocycles. The number of aromatic carboxylic acids is 4. The fourth-order valence-corrected chi connectivity index (χ4v) is 6.74. The van der Waals surface area contributed by atoms with Crippen LogP contribution in [0.25, 0.3) is 11.1 Å². The van der Waals surface area contributed by atoms with Crippen LogP contribution in [0, 0.1) is 0 Å². The van der Waals surface area contributed by atoms with E-state index >= 15 is 0 Å². The molecule has 0 bridgehead atoms. The standard InChI is InChI=1S/C41H26O10/c42-37(43)31-19-17-27(21-33(31)39(46)47)50-25-13-9-23(10-14-25)41(35-7-3-1-5-29(35)30-6-2-4-8-36(30)41)24-11-15-26(16-12-24)51-28-18-20-32(38(44)45)34(22-28)40(48)49/h1-22H,(H,42,43)(H,44,45)(H,46,47)(H,48,49). The van der Waals surface area contributed by atoms with Crippen LogP contribution in [0.15, 0.2) is 133 Å². The SMILES string of the molecule is O=C(O)c1ccc(Oc2ccc(C3(c4ccc(Oc5ccc(C(=O)O)c(C(=O)O)c5)cc4)c4ccccc4-c4ccccc43)cc2)cc1C(=O)O. The highest BCUT2D eigenvalue weighted by molar-refractivity contribution is 6.02. The molecule has 51 heavy (non-hydrogen) atoms. The number of carbonyl (C=O) groups is 4. The molecule has 0 saturated carbocycles. The van der Waals surface area contributed by atoms with Gasteiger partial charge in [0, 0.05) is 0 Å². The topological polar surface area (TPSA) is 168 Å². The van der Waals surface area contributed by atoms with E-state index in [0.717, 1.165) is 33.4 Å². The molecule has 10 heteroatoms. The number of ether oxygens (including phenoxy) is 2. The van der Waals surface area contributed by atoms with Crippen molar-refractivity contribution in [2.75, 3.05) is 0 Å². The van der Waals surface area contributed by atoms with Gasteiger partial charge in [-0.1, -0.05) is 72.8 Å². The Bertz CT molecular complexity index is 2210. The number of carboxylic acids is 4. The minimum Gasteiger partial charge on any atom is -0.478 e. The quantitative estimate of drug-likeness (QED) is 0.110. The fraction of sp³-hybridized carbons (Fsp3) is 0.0244. The summed E-state index contributed by atoms with van der Waals surface area (Å²) in [5.41, 5.74) is 3.77. The maximum absolute atomic E-state index is 11.7. The van der Waals surface area contributed by atoms with Crippen molar-refractivity contribution >= 4 is 23.9 Å². The third kappa shape index (κ3) is 5.60. The third-order valence-corrected chi connectivity index (χ3v) is 8.90. The summed E-state index contributed by atoms with van der Waals surface area (Å²) < 4.78 is 11.9. The van der Waals surface area contributed by atoms with Crippen LogP contribution in [-0.2, 0) is 5.41 Å². The Kier molecular flexibility index (Phi) is 8.04. The first-order chi connectivity index (χ1) is 24.6. The summed E-state index contributed by atoms with van der Waals surface area (Å²) in [6.45, 7) is 0. The largest absolute Gasteiger partial charge is 0.478 e. The predicted molar refractivity (Wildman–Crippen MR) is 185 cm³/mol. The molecule has 250 valence electrons. The number of benzene rings is 6. The zero-order valence-electron chi connectivity index (χ0n) is 26.4. The molecule has 0 fully saturated rings. The van der Waals surface area contributed by atoms with Crippen LogP contribution >= 0.6 is 0 Å². The van der Waals surface area contributed by atoms with Gasteiger partial charge >= 0.3 is 23.9 Å². The molecule has 1 aliphatic rings. The van der Waals surface area contributed by atoms with Crippen molar-refractivity contribution in [3.63, 3.8) is 0 Å². The molecule has 4 N–H and O–H groups in total. The highest BCUT2D eigenvalue weighted by atomic mass is 16.5. The normalized spacial score (nSPS) is 12.3. The zero-order valence-corrected chi connectivity index (χ0v) is 26.4. The molecule has 6 aromatic carbocycles. The van der Waals surface area contributed by atoms with Crippen LogP contribution in [-0.4, -0.2) is 44.3 Å². The molecule has 0 aromatic heterocycles. The Balaban J connectivity index is 1.29. The molecule has 0 radical (unpaired) electrons. The van der Waals surface area contributed by atoms with Gasteiger partial charge in [-0.15, -0.1) is 0 Å². The first-order valence-corrected chi connectivity index (χ1v) is 15.6. The van der Waals surface area contributed by atoms with Crippen LogP contribution in [0.2, 0.25) is 0 Å². The number of hydrogen-bond acceptors (Lipinski definition) is 6. The Morgan fingerprint density at radius 1 is 0.392 bits per heavy atom. The summed E-state index contributed by atoms with van der Waals surface area (Å²) in [5, 5.41) is 37.8. The molecule has 0 unspecified atom stereocenters. The minimum absolute atomic E-state index is 0.167. The smallest absolute Gasteiger partial charge is 0.336 e. The first-order valence-electron chi connectivity index (χ1n) is 15.6. The maximum atomic E-state index is 11.7. The second kappa shape index (κ2) is 12.7. The van der Waals surface area contributed by atoms with Crippen molar-refractivity contribution < 1.29 is 49.1 Å². The lowest BCUT2D eigenvalue weighted by Gasteiger charge is -2.34. The Hall–Kier alpha value is -7.20. The van der Waals surface area contributed by atoms with Gasteiger partial charge in [0.2, 0.25) is 0 Å². The van der Waals surface area contributed by atoms with E-state index in [9.17, 15) is 39.6 Å². The van der Waals surface area contributed by atoms with E-state index in [4.69, 9.17) is 9.47 Å². The average Bonchev–Trinajstić information content (AvgIpc) is 3.43. The van der Waals surface area contributed by atoms with Crippen LogP contribution in [0.1, 0.15) is 63.7 Å². The van der Waals surface area contributed by atoms with Crippen LogP contribution in [0.5, 0.6) is 23.0 Å². The third-order valence-electron chi connectivity index (χ3n) is 8.90. The summed E-state index contributed by atoms with van der Waals surface area (Å²) in [7, 11) is 0. The van der Waals surface area contributed by atoms with Crippen LogP contribution < -0.4 is 9.47 Å². The first kappa shape index (κ1) is 32.4. The van der Waals surface area contributed by atoms with E-state index in [1.165, 1.54) is 36.4 Å². The lowest BCUT2D eigenvalue weighted by molar-refractivity contribution is 0.0651. The maximum Gasteiger partial charge on any atom is 0.336 e. The lowest BCUT2D eigenvalue weighted by Crippen LogP contribution is -2.28. The lowest BCUT2D eigenvalue weighted by atomic mass is 9.68. The second-order valence-corrected chi connectivity index (χ2v) is 11.7. The molecule has 6 aromatic rings. The van der Waals surface area contributed by atoms with E-state index in [0.29, 0.717) is 11.5 Å². The van der Waals surface area contributed by atoms with E-state index in [2.05, 4.69) is 24.3 Å². The molecule has 10 nitrogen and oxygen atoms in total. The Labute approximate surface area is 290 Å². The van der Waals surface area contributed by atoms with Gasteiger partial charge in [0.1, 0.15) is 23.0 Å². The van der Waals surface area contributed by atoms with Gasteiger partial charge in [0.05, 0.1) is 27.7 Å². The van der Waals surface area contributed by atoms with E-state index in [1.54, 1.807) is 24.3 Å². The second-order valence-electron chi connectivity index (χ2n) is 11.7. The number of carboxylic acid groups (broad SMARTS) is 4. The van der Waals surface area contributed by atoms with Gasteiger partial charge < -0.3 is 29.9 Å². The average molecular weight is 679 g/mol. The van der Waals surface area contributed by atoms with Gasteiger partial charge in [-0.05, 0) is 94.0 Å². The van der Waals surface area contributed by atoms with Gasteiger partial charge in [-0.3, -0.25) is 0 Å². The van der Waals surface area contributed by atoms with Crippen molar-refractivity contribution in [2.45, 2.75) is 5.41 Å². The van der Waals surface area contributed by atoms with Crippen molar-refractivity contribution in [3.8, 4) is 34.1 Å². The van der Waals surface area contributed by atoms with Gasteiger partial charge in [-0.25, -0.2) is 19.2 Å². The molecular weight excluding hydrogens is 652 g/mol. The highest BCUT2D eigenvalue weighted by Gasteiger charge is 2.45. The van der Waals surface area contributed by atoms with Crippen molar-refractivity contribution in [1.82, 2.24) is 0 Å². The van der Waals surface area contributed by atoms with Gasteiger partial charge in [0.15, 0.2) is 0 Å². The predicted octanol–water partition coefficient (Wildman–Crippen LogP) is 8.43. The number of rotatable bonds is 10. The Morgan fingerprint density at radius 2 is 0.725 bits per heavy atom. The van der Waals surface area contributed by atoms with Crippen molar-refractivity contribution in [2.24, 2.45) is 0 Å². The molecule has 7 rings (SSSR count). The molecule has 0 atom stereocenters. The molecule has 0 spiro atoms. The minimum atomic E-state index is -1.38. The van der Waals surface area contributed by atoms with Crippen LogP contribution in [0.4, 0.5) is 0 Å². The van der Waals surface area contributed by atoms with E-state index in [1.807, 2.05) is 48.5 Å². The summed E-state index contributed by atoms with van der Waals surface area (Å²) in [6.07, 6.45) is 0. The van der Waals surface area contributed by atoms with E-state index < -0.39 is 29.3 Å². The van der Waals surface area contributed by atoms with Crippen molar-refractivity contribution in [1.29, 1.82) is 0 Å². The Morgan fingerprint density at radius 3 is 1.08 bits per heavy atom. The molecular formula is C41H26O10. The summed E-state index contributed by atoms with van der Waals surface area (Å²) >= 11 is 0. The fourth-order valence-electron chi connectivity index (χ4n) is 6.74. The monoisotopic (exact) mass is 678 g/mol. The highest BCUT2D eigenvalue weighted by Crippen LogP contribution is 2.56. The van der Waals surface area contributed by atoms with Crippen molar-refractivity contribution in [3.05, 3.63) is 178 Å². The molecule has 0 heterocycles. The molecule has 1 aliphatic carbocycles. The van der Waals surface area contributed by atoms with E-state index in [-0.39, 0.29) is 33.8 Å². The zero-order chi connectivity index (χ0) is 35.9. The van der Waals surface area contributed by atoms with Gasteiger partial charge in [0.25, 0.3) is 0 Å². The van der Waals surface area contributed by atoms with Gasteiger partial charge in [-0.2, -0.15) is 0 Å². The molecule has 0 amide bonds. The molecule has 0 saturated heterocycles. The number of hydrogen-bond donors (Lipinski definition) is 4. The van der Waals surface area contributed by atoms with Crippen LogP contribution in [0.3, 0.4) is 0 Å². The summed E-state index contributed by atoms with van der Waals surface area (Å²) in [6, 6.07) is 38.6. The summed E-state index contributed by atoms with van der Waals surface area (Å²) in [5.74, 6) is -4.32. The summed E-state index contributed by atoms with van der Waals surface area (Å²) in [4.78, 5) is 46.4. The number of fused-ring (bicyclic) bond motifs is 3.